The van der Waals surface area contributed by atoms with Crippen LogP contribution in [0.3, 0.4) is 0 Å². The van der Waals surface area contributed by atoms with Gasteiger partial charge in [0.05, 0.1) is 26.4 Å². The lowest BCUT2D eigenvalue weighted by Crippen LogP contribution is -2.30. The van der Waals surface area contributed by atoms with Gasteiger partial charge < -0.3 is 33.8 Å². The van der Waals surface area contributed by atoms with Crippen molar-refractivity contribution < 1.29 is 80.2 Å². The van der Waals surface area contributed by atoms with Crippen LogP contribution < -0.4 is 0 Å². The highest BCUT2D eigenvalue weighted by Gasteiger charge is 2.30. The first kappa shape index (κ1) is 101. The highest BCUT2D eigenvalue weighted by molar-refractivity contribution is 7.47. The molecule has 0 aromatic rings. The van der Waals surface area contributed by atoms with Crippen molar-refractivity contribution in [1.82, 2.24) is 0 Å². The molecule has 0 aromatic heterocycles. The minimum absolute atomic E-state index is 0.0797. The molecule has 0 bridgehead atoms. The Labute approximate surface area is 644 Å². The molecule has 5 unspecified atom stereocenters. The minimum atomic E-state index is -4.99. The largest absolute Gasteiger partial charge is 0.472 e. The highest BCUT2D eigenvalue weighted by Crippen LogP contribution is 2.45. The van der Waals surface area contributed by atoms with Gasteiger partial charge in [-0.2, -0.15) is 0 Å². The number of rotatable bonds is 78. The van der Waals surface area contributed by atoms with Gasteiger partial charge in [-0.15, -0.1) is 0 Å². The van der Waals surface area contributed by atoms with Gasteiger partial charge in [-0.3, -0.25) is 37.3 Å². The van der Waals surface area contributed by atoms with Crippen molar-refractivity contribution in [3.05, 3.63) is 122 Å². The standard InChI is InChI=1S/C87H150O17P2/c1-5-9-13-17-21-25-29-33-37-40-44-47-51-55-59-63-67-71-84(89)97-77-82(103-86(91)73-69-65-61-57-53-49-43-36-32-28-24-20-16-12-8-4)79-101-105(93,94)99-75-81(88)76-100-106(95,96)102-80-83(104-87(92)74-70-66-62-58-54-50-46-42-39-35-31-27-23-19-15-11-7-3)78-98-85(90)72-68-64-60-56-52-48-45-41-38-34-30-26-22-18-14-10-6-2/h9-11,13-15,21-23,25-27,33-39,43,81-83,88H,5-8,12,16-20,24,28-32,40-42,44-80H2,1-4H3,(H,93,94)(H,95,96)/b13-9-,14-10-,15-11-,25-21-,26-22-,27-23-,37-33-,38-34-,39-35-,43-36-. The highest BCUT2D eigenvalue weighted by atomic mass is 31.2. The monoisotopic (exact) mass is 1530 g/mol. The van der Waals surface area contributed by atoms with Crippen LogP contribution in [-0.2, 0) is 65.4 Å². The van der Waals surface area contributed by atoms with Gasteiger partial charge in [0, 0.05) is 25.7 Å². The summed E-state index contributed by atoms with van der Waals surface area (Å²) in [6.45, 7) is 4.55. The van der Waals surface area contributed by atoms with Gasteiger partial charge >= 0.3 is 39.5 Å². The molecule has 0 fully saturated rings. The number of aliphatic hydroxyl groups excluding tert-OH is 1. The van der Waals surface area contributed by atoms with Crippen molar-refractivity contribution in [3.63, 3.8) is 0 Å². The van der Waals surface area contributed by atoms with Crippen LogP contribution in [0.25, 0.3) is 0 Å². The summed E-state index contributed by atoms with van der Waals surface area (Å²) in [4.78, 5) is 73.2. The Morgan fingerprint density at radius 3 is 0.764 bits per heavy atom. The molecule has 0 saturated heterocycles. The number of hydrogen-bond acceptors (Lipinski definition) is 15. The minimum Gasteiger partial charge on any atom is -0.462 e. The molecule has 0 aliphatic heterocycles. The van der Waals surface area contributed by atoms with E-state index >= 15 is 0 Å². The topological polar surface area (TPSA) is 237 Å². The van der Waals surface area contributed by atoms with Crippen molar-refractivity contribution in [2.75, 3.05) is 39.6 Å². The van der Waals surface area contributed by atoms with Crippen LogP contribution in [0.4, 0.5) is 0 Å². The molecule has 0 aliphatic rings. The number of carbonyl (C=O) groups excluding carboxylic acids is 4. The lowest BCUT2D eigenvalue weighted by Gasteiger charge is -2.21. The third kappa shape index (κ3) is 77.6. The number of ether oxygens (including phenoxy) is 4. The van der Waals surface area contributed by atoms with Crippen molar-refractivity contribution in [2.24, 2.45) is 0 Å². The Morgan fingerprint density at radius 2 is 0.491 bits per heavy atom. The molecule has 0 spiro atoms. The second-order valence-corrected chi connectivity index (χ2v) is 30.5. The average Bonchev–Trinajstić information content (AvgIpc) is 0.901. The first-order valence-corrected chi connectivity index (χ1v) is 44.8. The molecule has 0 radical (unpaired) electrons. The van der Waals surface area contributed by atoms with E-state index < -0.39 is 97.5 Å². The lowest BCUT2D eigenvalue weighted by atomic mass is 10.1. The molecule has 17 nitrogen and oxygen atoms in total. The number of esters is 4. The van der Waals surface area contributed by atoms with E-state index in [4.69, 9.17) is 37.0 Å². The summed E-state index contributed by atoms with van der Waals surface area (Å²) in [5, 5.41) is 10.7. The van der Waals surface area contributed by atoms with E-state index in [1.165, 1.54) is 38.5 Å². The van der Waals surface area contributed by atoms with Crippen LogP contribution in [0.5, 0.6) is 0 Å². The van der Waals surface area contributed by atoms with Gasteiger partial charge in [-0.25, -0.2) is 9.13 Å². The zero-order chi connectivity index (χ0) is 77.4. The van der Waals surface area contributed by atoms with Gasteiger partial charge in [0.1, 0.15) is 19.3 Å². The fraction of sp³-hybridized carbons (Fsp3) is 0.724. The number of aliphatic hydroxyl groups is 1. The van der Waals surface area contributed by atoms with Gasteiger partial charge in [-0.05, 0) is 148 Å². The zero-order valence-electron chi connectivity index (χ0n) is 66.8. The SMILES string of the molecule is CC/C=C\C/C=C\C/C=C\CCCCCCCCCC(=O)OCC(COP(=O)(O)OCC(O)COP(=O)(O)OCC(COC(=O)CCCCCCCCC/C=C\C/C=C\C/C=C\CC)OC(=O)CCCCCCCCC/C=C\C/C=C\C/C=C\CC)OC(=O)CCCCCCC/C=C\CCCCCCCC. The second-order valence-electron chi connectivity index (χ2n) is 27.6. The molecule has 3 N–H and O–H groups in total. The third-order valence-electron chi connectivity index (χ3n) is 17.4. The van der Waals surface area contributed by atoms with Crippen LogP contribution in [0.15, 0.2) is 122 Å². The Kier molecular flexibility index (Phi) is 75.2. The Morgan fingerprint density at radius 1 is 0.274 bits per heavy atom. The average molecular weight is 1530 g/mol. The molecule has 0 aromatic carbocycles. The summed E-state index contributed by atoms with van der Waals surface area (Å²) in [6.07, 6.45) is 87.3. The maximum Gasteiger partial charge on any atom is 0.472 e. The van der Waals surface area contributed by atoms with Crippen LogP contribution in [0.2, 0.25) is 0 Å². The quantitative estimate of drug-likeness (QED) is 0.0169. The molecular weight excluding hydrogens is 1380 g/mol. The Bertz CT molecular complexity index is 2480. The fourth-order valence-corrected chi connectivity index (χ4v) is 12.7. The van der Waals surface area contributed by atoms with Crippen LogP contribution >= 0.6 is 15.6 Å². The molecule has 106 heavy (non-hydrogen) atoms. The lowest BCUT2D eigenvalue weighted by molar-refractivity contribution is -0.161. The number of phosphoric ester groups is 2. The second kappa shape index (κ2) is 78.6. The molecule has 0 amide bonds. The van der Waals surface area contributed by atoms with E-state index in [-0.39, 0.29) is 25.7 Å². The molecule has 0 rings (SSSR count). The molecule has 5 atom stereocenters. The first-order valence-electron chi connectivity index (χ1n) is 41.8. The summed E-state index contributed by atoms with van der Waals surface area (Å²) in [5.41, 5.74) is 0. The van der Waals surface area contributed by atoms with E-state index in [1.807, 2.05) is 0 Å². The fourth-order valence-electron chi connectivity index (χ4n) is 11.1. The number of carbonyl (C=O) groups is 4. The normalized spacial score (nSPS) is 14.4. The number of hydrogen-bond donors (Lipinski definition) is 3. The van der Waals surface area contributed by atoms with Crippen LogP contribution in [0.1, 0.15) is 349 Å². The molecule has 19 heteroatoms. The third-order valence-corrected chi connectivity index (χ3v) is 19.3. The molecular formula is C87H150O17P2. The van der Waals surface area contributed by atoms with Gasteiger partial charge in [-0.1, -0.05) is 297 Å². The predicted molar refractivity (Wildman–Crippen MR) is 436 cm³/mol. The molecule has 0 heterocycles. The predicted octanol–water partition coefficient (Wildman–Crippen LogP) is 24.7. The van der Waals surface area contributed by atoms with E-state index in [1.54, 1.807) is 0 Å². The summed E-state index contributed by atoms with van der Waals surface area (Å²) < 4.78 is 68.8. The maximum atomic E-state index is 13.1. The summed E-state index contributed by atoms with van der Waals surface area (Å²) >= 11 is 0. The summed E-state index contributed by atoms with van der Waals surface area (Å²) in [7, 11) is -9.97. The molecule has 0 saturated carbocycles. The van der Waals surface area contributed by atoms with Crippen molar-refractivity contribution in [1.29, 1.82) is 0 Å². The molecule has 610 valence electrons. The number of phosphoric acid groups is 2. The summed E-state index contributed by atoms with van der Waals surface area (Å²) in [5.74, 6) is -2.20. The smallest absolute Gasteiger partial charge is 0.462 e. The maximum absolute atomic E-state index is 13.1. The van der Waals surface area contributed by atoms with Crippen LogP contribution in [0, 0.1) is 0 Å². The van der Waals surface area contributed by atoms with Crippen molar-refractivity contribution >= 4 is 39.5 Å². The summed E-state index contributed by atoms with van der Waals surface area (Å²) in [6, 6.07) is 0. The zero-order valence-corrected chi connectivity index (χ0v) is 68.6. The molecule has 0 aliphatic carbocycles. The van der Waals surface area contributed by atoms with Crippen molar-refractivity contribution in [3.8, 4) is 0 Å². The van der Waals surface area contributed by atoms with E-state index in [0.29, 0.717) is 25.7 Å². The first-order chi connectivity index (χ1) is 51.7. The van der Waals surface area contributed by atoms with E-state index in [9.17, 15) is 43.2 Å². The number of allylic oxidation sites excluding steroid dienone is 20. The van der Waals surface area contributed by atoms with E-state index in [0.717, 1.165) is 231 Å². The van der Waals surface area contributed by atoms with Gasteiger partial charge in [0.25, 0.3) is 0 Å². The van der Waals surface area contributed by atoms with Gasteiger partial charge in [0.15, 0.2) is 12.2 Å². The van der Waals surface area contributed by atoms with Gasteiger partial charge in [0.2, 0.25) is 0 Å². The Hall–Kier alpha value is -4.54. The van der Waals surface area contributed by atoms with Crippen LogP contribution in [-0.4, -0.2) is 96.7 Å². The number of unbranched alkanes of at least 4 members (excludes halogenated alkanes) is 32. The van der Waals surface area contributed by atoms with E-state index in [2.05, 4.69) is 149 Å². The Balaban J connectivity index is 5.39. The van der Waals surface area contributed by atoms with Crippen molar-refractivity contribution in [2.45, 2.75) is 367 Å².